The molecule has 0 amide bonds. The molecule has 0 aromatic heterocycles. The van der Waals surface area contributed by atoms with Crippen molar-refractivity contribution in [2.75, 3.05) is 6.54 Å². The molecule has 0 bridgehead atoms. The number of nitrogens with one attached hydrogen (secondary N) is 1. The van der Waals surface area contributed by atoms with Crippen LogP contribution in [0.15, 0.2) is 24.3 Å². The lowest BCUT2D eigenvalue weighted by atomic mass is 9.88. The normalized spacial score (nSPS) is 13.8. The first-order chi connectivity index (χ1) is 7.39. The molecule has 1 N–H and O–H groups in total. The van der Waals surface area contributed by atoms with Crippen LogP contribution < -0.4 is 5.32 Å². The molecule has 0 aliphatic carbocycles. The van der Waals surface area contributed by atoms with E-state index in [-0.39, 0.29) is 0 Å². The molecule has 0 aliphatic rings. The van der Waals surface area contributed by atoms with Crippen LogP contribution in [0.5, 0.6) is 0 Å². The van der Waals surface area contributed by atoms with Crippen molar-refractivity contribution in [3.05, 3.63) is 35.4 Å². The Morgan fingerprint density at radius 3 is 2.50 bits per heavy atom. The maximum Gasteiger partial charge on any atom is 0.00873 e. The van der Waals surface area contributed by atoms with Crippen molar-refractivity contribution in [1.82, 2.24) is 5.32 Å². The summed E-state index contributed by atoms with van der Waals surface area (Å²) in [6, 6.07) is 9.31. The smallest absolute Gasteiger partial charge is 0.00873 e. The highest BCUT2D eigenvalue weighted by Gasteiger charge is 2.18. The van der Waals surface area contributed by atoms with E-state index in [0.717, 1.165) is 13.0 Å². The lowest BCUT2D eigenvalue weighted by molar-refractivity contribution is 0.288. The number of hydrogen-bond acceptors (Lipinski definition) is 1. The summed E-state index contributed by atoms with van der Waals surface area (Å²) in [6.07, 6.45) is 1.11. The lowest BCUT2D eigenvalue weighted by Crippen LogP contribution is -2.38. The molecule has 0 spiro atoms. The Morgan fingerprint density at radius 2 is 1.94 bits per heavy atom. The van der Waals surface area contributed by atoms with Crippen LogP contribution in [0.4, 0.5) is 0 Å². The highest BCUT2D eigenvalue weighted by atomic mass is 14.9. The third kappa shape index (κ3) is 4.36. The van der Waals surface area contributed by atoms with Gasteiger partial charge in [-0.1, -0.05) is 50.6 Å². The SMILES string of the molecule is Cc1cccc(CCNC(C)C(C)(C)C)c1. The predicted octanol–water partition coefficient (Wildman–Crippen LogP) is 3.56. The van der Waals surface area contributed by atoms with Gasteiger partial charge in [-0.15, -0.1) is 0 Å². The highest BCUT2D eigenvalue weighted by Crippen LogP contribution is 2.18. The van der Waals surface area contributed by atoms with Crippen LogP contribution in [0.25, 0.3) is 0 Å². The molecule has 0 saturated heterocycles. The summed E-state index contributed by atoms with van der Waals surface area (Å²) < 4.78 is 0. The van der Waals surface area contributed by atoms with E-state index in [1.807, 2.05) is 0 Å². The van der Waals surface area contributed by atoms with Gasteiger partial charge in [0, 0.05) is 6.04 Å². The summed E-state index contributed by atoms with van der Waals surface area (Å²) in [5.41, 5.74) is 3.11. The molecule has 1 atom stereocenters. The van der Waals surface area contributed by atoms with Gasteiger partial charge in [0.15, 0.2) is 0 Å². The van der Waals surface area contributed by atoms with Crippen LogP contribution in [-0.2, 0) is 6.42 Å². The quantitative estimate of drug-likeness (QED) is 0.816. The van der Waals surface area contributed by atoms with Crippen molar-refractivity contribution >= 4 is 0 Å². The molecule has 1 rings (SSSR count). The van der Waals surface area contributed by atoms with Gasteiger partial charge in [0.25, 0.3) is 0 Å². The largest absolute Gasteiger partial charge is 0.313 e. The van der Waals surface area contributed by atoms with Crippen molar-refractivity contribution in [2.24, 2.45) is 5.41 Å². The second-order valence-corrected chi connectivity index (χ2v) is 5.78. The van der Waals surface area contributed by atoms with Gasteiger partial charge in [0.2, 0.25) is 0 Å². The number of rotatable bonds is 4. The molecule has 1 unspecified atom stereocenters. The Hall–Kier alpha value is -0.820. The van der Waals surface area contributed by atoms with E-state index in [1.54, 1.807) is 0 Å². The van der Waals surface area contributed by atoms with Gasteiger partial charge in [0.05, 0.1) is 0 Å². The summed E-state index contributed by atoms with van der Waals surface area (Å²) in [5.74, 6) is 0. The Bertz CT molecular complexity index is 322. The van der Waals surface area contributed by atoms with Gasteiger partial charge in [-0.05, 0) is 37.8 Å². The topological polar surface area (TPSA) is 12.0 Å². The van der Waals surface area contributed by atoms with Gasteiger partial charge in [-0.2, -0.15) is 0 Å². The van der Waals surface area contributed by atoms with Gasteiger partial charge in [0.1, 0.15) is 0 Å². The molecule has 0 saturated carbocycles. The lowest BCUT2D eigenvalue weighted by Gasteiger charge is -2.28. The summed E-state index contributed by atoms with van der Waals surface area (Å²) in [7, 11) is 0. The maximum absolute atomic E-state index is 3.59. The molecule has 0 aliphatic heterocycles. The summed E-state index contributed by atoms with van der Waals surface area (Å²) in [5, 5.41) is 3.59. The van der Waals surface area contributed by atoms with Crippen LogP contribution >= 0.6 is 0 Å². The average Bonchev–Trinajstić information content (AvgIpc) is 2.16. The Labute approximate surface area is 100 Å². The number of aryl methyl sites for hydroxylation is 1. The fraction of sp³-hybridized carbons (Fsp3) is 0.600. The van der Waals surface area contributed by atoms with Gasteiger partial charge in [-0.3, -0.25) is 0 Å². The first-order valence-electron chi connectivity index (χ1n) is 6.18. The molecule has 0 fully saturated rings. The van der Waals surface area contributed by atoms with Gasteiger partial charge in [-0.25, -0.2) is 0 Å². The van der Waals surface area contributed by atoms with Crippen molar-refractivity contribution in [3.8, 4) is 0 Å². The van der Waals surface area contributed by atoms with E-state index in [1.165, 1.54) is 11.1 Å². The fourth-order valence-corrected chi connectivity index (χ4v) is 1.61. The average molecular weight is 219 g/mol. The number of benzene rings is 1. The zero-order valence-electron chi connectivity index (χ0n) is 11.3. The molecule has 90 valence electrons. The maximum atomic E-state index is 3.59. The van der Waals surface area contributed by atoms with E-state index in [4.69, 9.17) is 0 Å². The van der Waals surface area contributed by atoms with Crippen LogP contribution in [0.1, 0.15) is 38.8 Å². The van der Waals surface area contributed by atoms with Crippen molar-refractivity contribution in [3.63, 3.8) is 0 Å². The third-order valence-electron chi connectivity index (χ3n) is 3.25. The summed E-state index contributed by atoms with van der Waals surface area (Å²) >= 11 is 0. The molecule has 0 radical (unpaired) electrons. The zero-order chi connectivity index (χ0) is 12.2. The molecular formula is C15H25N. The third-order valence-corrected chi connectivity index (χ3v) is 3.25. The minimum absolute atomic E-state index is 0.340. The molecular weight excluding hydrogens is 194 g/mol. The number of hydrogen-bond donors (Lipinski definition) is 1. The Morgan fingerprint density at radius 1 is 1.25 bits per heavy atom. The molecule has 1 heteroatoms. The minimum Gasteiger partial charge on any atom is -0.313 e. The molecule has 1 aromatic carbocycles. The van der Waals surface area contributed by atoms with Crippen LogP contribution in [0.2, 0.25) is 0 Å². The van der Waals surface area contributed by atoms with E-state index in [9.17, 15) is 0 Å². The molecule has 0 heterocycles. The standard InChI is InChI=1S/C15H25N/c1-12-7-6-8-14(11-12)9-10-16-13(2)15(3,4)5/h6-8,11,13,16H,9-10H2,1-5H3. The Kier molecular flexibility index (Phi) is 4.55. The zero-order valence-corrected chi connectivity index (χ0v) is 11.3. The van der Waals surface area contributed by atoms with Crippen LogP contribution in [-0.4, -0.2) is 12.6 Å². The molecule has 16 heavy (non-hydrogen) atoms. The van der Waals surface area contributed by atoms with Crippen LogP contribution in [0, 0.1) is 12.3 Å². The summed E-state index contributed by atoms with van der Waals surface area (Å²) in [6.45, 7) is 12.3. The molecule has 1 aromatic rings. The van der Waals surface area contributed by atoms with Crippen LogP contribution in [0.3, 0.4) is 0 Å². The highest BCUT2D eigenvalue weighted by molar-refractivity contribution is 5.22. The Balaban J connectivity index is 2.36. The van der Waals surface area contributed by atoms with Crippen molar-refractivity contribution in [2.45, 2.75) is 47.1 Å². The first-order valence-corrected chi connectivity index (χ1v) is 6.18. The molecule has 1 nitrogen and oxygen atoms in total. The second kappa shape index (κ2) is 5.49. The van der Waals surface area contributed by atoms with E-state index in [2.05, 4.69) is 64.2 Å². The van der Waals surface area contributed by atoms with Crippen molar-refractivity contribution in [1.29, 1.82) is 0 Å². The van der Waals surface area contributed by atoms with Crippen molar-refractivity contribution < 1.29 is 0 Å². The van der Waals surface area contributed by atoms with Gasteiger partial charge < -0.3 is 5.32 Å². The van der Waals surface area contributed by atoms with E-state index < -0.39 is 0 Å². The first kappa shape index (κ1) is 13.2. The van der Waals surface area contributed by atoms with E-state index >= 15 is 0 Å². The minimum atomic E-state index is 0.340. The monoisotopic (exact) mass is 219 g/mol. The predicted molar refractivity (Wildman–Crippen MR) is 71.8 cm³/mol. The van der Waals surface area contributed by atoms with E-state index in [0.29, 0.717) is 11.5 Å². The van der Waals surface area contributed by atoms with Gasteiger partial charge >= 0.3 is 0 Å². The summed E-state index contributed by atoms with van der Waals surface area (Å²) in [4.78, 5) is 0. The fourth-order valence-electron chi connectivity index (χ4n) is 1.61. The second-order valence-electron chi connectivity index (χ2n) is 5.78.